The lowest BCUT2D eigenvalue weighted by Gasteiger charge is -2.13. The van der Waals surface area contributed by atoms with Crippen molar-refractivity contribution in [2.75, 3.05) is 12.8 Å². The first-order valence-electron chi connectivity index (χ1n) is 3.56. The summed E-state index contributed by atoms with van der Waals surface area (Å²) in [5, 5.41) is 0. The zero-order chi connectivity index (χ0) is 10.9. The highest BCUT2D eigenvalue weighted by molar-refractivity contribution is 5.50. The van der Waals surface area contributed by atoms with Crippen molar-refractivity contribution >= 4 is 5.69 Å². The molecule has 78 valence electrons. The van der Waals surface area contributed by atoms with E-state index in [4.69, 9.17) is 5.73 Å². The highest BCUT2D eigenvalue weighted by atomic mass is 19.4. The molecule has 0 aliphatic rings. The maximum Gasteiger partial charge on any atom is 0.422 e. The third kappa shape index (κ3) is 1.89. The normalized spacial score (nSPS) is 11.5. The van der Waals surface area contributed by atoms with Crippen LogP contribution in [0.15, 0.2) is 12.1 Å². The molecule has 0 saturated carbocycles. The van der Waals surface area contributed by atoms with Crippen molar-refractivity contribution in [3.8, 4) is 5.75 Å². The molecule has 0 fully saturated rings. The summed E-state index contributed by atoms with van der Waals surface area (Å²) >= 11 is 0. The van der Waals surface area contributed by atoms with Crippen molar-refractivity contribution in [3.05, 3.63) is 23.5 Å². The van der Waals surface area contributed by atoms with Crippen molar-refractivity contribution in [2.45, 2.75) is 6.18 Å². The number of hydrogen-bond donors (Lipinski definition) is 1. The SMILES string of the molecule is COc1cc(N)cc(F)c1C(F)(F)F. The molecule has 0 atom stereocenters. The Kier molecular flexibility index (Phi) is 2.55. The fourth-order valence-electron chi connectivity index (χ4n) is 1.04. The van der Waals surface area contributed by atoms with Gasteiger partial charge in [0.05, 0.1) is 7.11 Å². The quantitative estimate of drug-likeness (QED) is 0.569. The summed E-state index contributed by atoms with van der Waals surface area (Å²) in [5.41, 5.74) is 3.61. The van der Waals surface area contributed by atoms with E-state index in [9.17, 15) is 17.6 Å². The first-order valence-corrected chi connectivity index (χ1v) is 3.56. The molecule has 0 aromatic heterocycles. The molecule has 1 aromatic carbocycles. The van der Waals surface area contributed by atoms with E-state index in [2.05, 4.69) is 4.74 Å². The third-order valence-electron chi connectivity index (χ3n) is 1.58. The summed E-state index contributed by atoms with van der Waals surface area (Å²) in [6.45, 7) is 0. The Labute approximate surface area is 77.3 Å². The number of methoxy groups -OCH3 is 1. The second-order valence-corrected chi connectivity index (χ2v) is 2.58. The van der Waals surface area contributed by atoms with Gasteiger partial charge in [-0.2, -0.15) is 13.2 Å². The Balaban J connectivity index is 3.40. The van der Waals surface area contributed by atoms with E-state index in [1.807, 2.05) is 0 Å². The van der Waals surface area contributed by atoms with Crippen molar-refractivity contribution in [1.82, 2.24) is 0 Å². The van der Waals surface area contributed by atoms with Gasteiger partial charge >= 0.3 is 6.18 Å². The minimum atomic E-state index is -4.79. The summed E-state index contributed by atoms with van der Waals surface area (Å²) in [5.74, 6) is -2.05. The molecule has 0 saturated heterocycles. The standard InChI is InChI=1S/C8H7F4NO/c1-14-6-3-4(13)2-5(9)7(6)8(10,11)12/h2-3H,13H2,1H3. The number of anilines is 1. The third-order valence-corrected chi connectivity index (χ3v) is 1.58. The van der Waals surface area contributed by atoms with Gasteiger partial charge in [0.2, 0.25) is 0 Å². The summed E-state index contributed by atoms with van der Waals surface area (Å²) < 4.78 is 54.1. The maximum absolute atomic E-state index is 12.9. The molecule has 1 aromatic rings. The summed E-state index contributed by atoms with van der Waals surface area (Å²) in [6.07, 6.45) is -4.79. The van der Waals surface area contributed by atoms with E-state index in [0.29, 0.717) is 6.07 Å². The molecule has 1 rings (SSSR count). The van der Waals surface area contributed by atoms with Crippen LogP contribution in [0, 0.1) is 5.82 Å². The molecule has 0 spiro atoms. The van der Waals surface area contributed by atoms with E-state index in [1.54, 1.807) is 0 Å². The van der Waals surface area contributed by atoms with E-state index in [-0.39, 0.29) is 5.69 Å². The topological polar surface area (TPSA) is 35.2 Å². The lowest BCUT2D eigenvalue weighted by molar-refractivity contribution is -0.141. The number of nitrogens with two attached hydrogens (primary N) is 1. The van der Waals surface area contributed by atoms with Crippen LogP contribution in [-0.4, -0.2) is 7.11 Å². The Bertz CT molecular complexity index is 348. The molecule has 2 nitrogen and oxygen atoms in total. The lowest BCUT2D eigenvalue weighted by atomic mass is 10.1. The first-order chi connectivity index (χ1) is 6.36. The summed E-state index contributed by atoms with van der Waals surface area (Å²) in [6, 6.07) is 1.53. The predicted molar refractivity (Wildman–Crippen MR) is 42.4 cm³/mol. The molecule has 0 amide bonds. The van der Waals surface area contributed by atoms with Gasteiger partial charge in [-0.3, -0.25) is 0 Å². The molecule has 0 bridgehead atoms. The molecular formula is C8H7F4NO. The Morgan fingerprint density at radius 3 is 2.29 bits per heavy atom. The Morgan fingerprint density at radius 1 is 1.29 bits per heavy atom. The monoisotopic (exact) mass is 209 g/mol. The van der Waals surface area contributed by atoms with Crippen LogP contribution in [0.5, 0.6) is 5.75 Å². The molecule has 6 heteroatoms. The van der Waals surface area contributed by atoms with Crippen molar-refractivity contribution in [1.29, 1.82) is 0 Å². The van der Waals surface area contributed by atoms with Gasteiger partial charge in [0, 0.05) is 11.8 Å². The zero-order valence-corrected chi connectivity index (χ0v) is 7.15. The largest absolute Gasteiger partial charge is 0.496 e. The highest BCUT2D eigenvalue weighted by Gasteiger charge is 2.38. The summed E-state index contributed by atoms with van der Waals surface area (Å²) in [4.78, 5) is 0. The Morgan fingerprint density at radius 2 is 1.86 bits per heavy atom. The van der Waals surface area contributed by atoms with E-state index >= 15 is 0 Å². The molecular weight excluding hydrogens is 202 g/mol. The van der Waals surface area contributed by atoms with Crippen LogP contribution in [0.3, 0.4) is 0 Å². The highest BCUT2D eigenvalue weighted by Crippen LogP contribution is 2.39. The minimum Gasteiger partial charge on any atom is -0.496 e. The number of nitrogen functional groups attached to an aromatic ring is 1. The van der Waals surface area contributed by atoms with Crippen molar-refractivity contribution in [3.63, 3.8) is 0 Å². The predicted octanol–water partition coefficient (Wildman–Crippen LogP) is 2.44. The molecule has 0 aliphatic heterocycles. The smallest absolute Gasteiger partial charge is 0.422 e. The van der Waals surface area contributed by atoms with Crippen LogP contribution < -0.4 is 10.5 Å². The zero-order valence-electron chi connectivity index (χ0n) is 7.15. The van der Waals surface area contributed by atoms with Crippen molar-refractivity contribution < 1.29 is 22.3 Å². The van der Waals surface area contributed by atoms with Crippen LogP contribution in [-0.2, 0) is 6.18 Å². The van der Waals surface area contributed by atoms with Gasteiger partial charge in [-0.15, -0.1) is 0 Å². The average Bonchev–Trinajstić information content (AvgIpc) is 1.99. The Hall–Kier alpha value is -1.46. The fourth-order valence-corrected chi connectivity index (χ4v) is 1.04. The van der Waals surface area contributed by atoms with Crippen molar-refractivity contribution in [2.24, 2.45) is 0 Å². The molecule has 0 heterocycles. The second-order valence-electron chi connectivity index (χ2n) is 2.58. The lowest BCUT2D eigenvalue weighted by Crippen LogP contribution is -2.11. The molecule has 14 heavy (non-hydrogen) atoms. The number of benzene rings is 1. The second kappa shape index (κ2) is 3.36. The average molecular weight is 209 g/mol. The van der Waals surface area contributed by atoms with Gasteiger partial charge in [0.25, 0.3) is 0 Å². The number of alkyl halides is 3. The first kappa shape index (κ1) is 10.6. The fraction of sp³-hybridized carbons (Fsp3) is 0.250. The summed E-state index contributed by atoms with van der Waals surface area (Å²) in [7, 11) is 1.02. The van der Waals surface area contributed by atoms with Crippen LogP contribution in [0.1, 0.15) is 5.56 Å². The number of halogens is 4. The van der Waals surface area contributed by atoms with Crippen LogP contribution in [0.4, 0.5) is 23.2 Å². The van der Waals surface area contributed by atoms with Gasteiger partial charge in [-0.05, 0) is 6.07 Å². The number of ether oxygens (including phenoxy) is 1. The molecule has 0 radical (unpaired) electrons. The van der Waals surface area contributed by atoms with Gasteiger partial charge < -0.3 is 10.5 Å². The van der Waals surface area contributed by atoms with Gasteiger partial charge in [-0.1, -0.05) is 0 Å². The van der Waals surface area contributed by atoms with Gasteiger partial charge in [0.1, 0.15) is 17.1 Å². The van der Waals surface area contributed by atoms with E-state index in [1.165, 1.54) is 0 Å². The van der Waals surface area contributed by atoms with E-state index < -0.39 is 23.3 Å². The molecule has 2 N–H and O–H groups in total. The van der Waals surface area contributed by atoms with Gasteiger partial charge in [-0.25, -0.2) is 4.39 Å². The minimum absolute atomic E-state index is 0.118. The number of hydrogen-bond acceptors (Lipinski definition) is 2. The molecule has 0 aliphatic carbocycles. The van der Waals surface area contributed by atoms with Gasteiger partial charge in [0.15, 0.2) is 0 Å². The number of rotatable bonds is 1. The molecule has 0 unspecified atom stereocenters. The van der Waals surface area contributed by atoms with E-state index in [0.717, 1.165) is 13.2 Å². The van der Waals surface area contributed by atoms with Crippen LogP contribution in [0.25, 0.3) is 0 Å². The maximum atomic E-state index is 12.9. The van der Waals surface area contributed by atoms with Crippen LogP contribution >= 0.6 is 0 Å². The van der Waals surface area contributed by atoms with Crippen LogP contribution in [0.2, 0.25) is 0 Å².